The topological polar surface area (TPSA) is 71.1 Å². The molecule has 4 bridgehead atoms. The summed E-state index contributed by atoms with van der Waals surface area (Å²) in [6.07, 6.45) is 11.3. The summed E-state index contributed by atoms with van der Waals surface area (Å²) >= 11 is 1.54. The van der Waals surface area contributed by atoms with Crippen LogP contribution in [0.3, 0.4) is 0 Å². The molecule has 0 radical (unpaired) electrons. The number of rotatable bonds is 4. The molecule has 2 N–H and O–H groups in total. The lowest BCUT2D eigenvalue weighted by molar-refractivity contribution is -0.133. The first-order chi connectivity index (χ1) is 12.0. The average Bonchev–Trinajstić information content (AvgIpc) is 2.94. The van der Waals surface area contributed by atoms with Gasteiger partial charge in [-0.3, -0.25) is 20.4 Å². The number of amides is 2. The number of carbonyl (C=O) groups excluding carboxylic acids is 2. The fourth-order valence-electron chi connectivity index (χ4n) is 5.68. The highest BCUT2D eigenvalue weighted by Gasteiger charge is 2.51. The summed E-state index contributed by atoms with van der Waals surface area (Å²) < 4.78 is 0. The van der Waals surface area contributed by atoms with Gasteiger partial charge in [0, 0.05) is 17.9 Å². The highest BCUT2D eigenvalue weighted by molar-refractivity contribution is 7.09. The van der Waals surface area contributed by atoms with E-state index in [0.29, 0.717) is 6.42 Å². The van der Waals surface area contributed by atoms with Crippen molar-refractivity contribution < 1.29 is 9.59 Å². The van der Waals surface area contributed by atoms with Gasteiger partial charge in [0.2, 0.25) is 5.91 Å². The molecule has 1 heterocycles. The fourth-order valence-corrected chi connectivity index (χ4v) is 6.26. The molecule has 1 aromatic heterocycles. The van der Waals surface area contributed by atoms with Crippen LogP contribution in [0.15, 0.2) is 11.5 Å². The van der Waals surface area contributed by atoms with Crippen LogP contribution in [0.4, 0.5) is 0 Å². The zero-order valence-corrected chi connectivity index (χ0v) is 15.4. The smallest absolute Gasteiger partial charge is 0.262 e. The lowest BCUT2D eigenvalue weighted by atomic mass is 9.49. The standard InChI is InChI=1S/C19H25N3O2S/c1-12-20-16(11-25-12)2-3-17(23)21-22-18(24)10-19-7-13-4-14(8-19)6-15(5-13)9-19/h2-3,11,13-15H,4-10H2,1H3,(H,21,23)(H,22,24)/b3-2+. The van der Waals surface area contributed by atoms with Crippen LogP contribution in [0, 0.1) is 30.1 Å². The maximum Gasteiger partial charge on any atom is 0.262 e. The normalized spacial score (nSPS) is 32.9. The van der Waals surface area contributed by atoms with Crippen LogP contribution >= 0.6 is 11.3 Å². The third-order valence-corrected chi connectivity index (χ3v) is 6.86. The Balaban J connectivity index is 1.26. The minimum atomic E-state index is -0.329. The van der Waals surface area contributed by atoms with Crippen molar-refractivity contribution in [1.82, 2.24) is 15.8 Å². The minimum absolute atomic E-state index is 0.0618. The molecule has 4 fully saturated rings. The molecule has 5 nitrogen and oxygen atoms in total. The van der Waals surface area contributed by atoms with Crippen molar-refractivity contribution >= 4 is 29.2 Å². The quantitative estimate of drug-likeness (QED) is 0.640. The number of nitrogens with one attached hydrogen (secondary N) is 2. The Hall–Kier alpha value is -1.69. The third-order valence-electron chi connectivity index (χ3n) is 6.07. The number of nitrogens with zero attached hydrogens (tertiary/aromatic N) is 1. The molecule has 2 amide bonds. The van der Waals surface area contributed by atoms with Crippen molar-refractivity contribution in [2.75, 3.05) is 0 Å². The molecule has 0 aromatic carbocycles. The lowest BCUT2D eigenvalue weighted by Gasteiger charge is -2.56. The number of hydrogen-bond acceptors (Lipinski definition) is 4. The van der Waals surface area contributed by atoms with Gasteiger partial charge in [0.15, 0.2) is 0 Å². The van der Waals surface area contributed by atoms with Crippen LogP contribution < -0.4 is 10.9 Å². The molecule has 1 aromatic rings. The van der Waals surface area contributed by atoms with Crippen LogP contribution in [0.1, 0.15) is 55.6 Å². The summed E-state index contributed by atoms with van der Waals surface area (Å²) in [7, 11) is 0. The van der Waals surface area contributed by atoms with E-state index in [4.69, 9.17) is 0 Å². The van der Waals surface area contributed by atoms with E-state index in [1.54, 1.807) is 17.4 Å². The van der Waals surface area contributed by atoms with Gasteiger partial charge in [0.1, 0.15) is 0 Å². The molecule has 25 heavy (non-hydrogen) atoms. The lowest BCUT2D eigenvalue weighted by Crippen LogP contribution is -2.49. The zero-order valence-electron chi connectivity index (χ0n) is 14.6. The second-order valence-corrected chi connectivity index (χ2v) is 9.32. The second-order valence-electron chi connectivity index (χ2n) is 8.26. The molecule has 6 heteroatoms. The zero-order chi connectivity index (χ0) is 17.4. The maximum atomic E-state index is 12.3. The van der Waals surface area contributed by atoms with Crippen molar-refractivity contribution in [3.05, 3.63) is 22.2 Å². The van der Waals surface area contributed by atoms with Gasteiger partial charge in [-0.05, 0) is 74.7 Å². The summed E-state index contributed by atoms with van der Waals surface area (Å²) in [6.45, 7) is 1.92. The number of hydrazine groups is 1. The van der Waals surface area contributed by atoms with Gasteiger partial charge in [-0.15, -0.1) is 11.3 Å². The Morgan fingerprint density at radius 2 is 1.84 bits per heavy atom. The van der Waals surface area contributed by atoms with Crippen LogP contribution in [0.2, 0.25) is 0 Å². The molecule has 4 aliphatic carbocycles. The third kappa shape index (κ3) is 3.78. The van der Waals surface area contributed by atoms with Crippen molar-refractivity contribution in [3.63, 3.8) is 0 Å². The Morgan fingerprint density at radius 1 is 1.20 bits per heavy atom. The molecule has 4 saturated carbocycles. The second kappa shape index (κ2) is 6.56. The van der Waals surface area contributed by atoms with Gasteiger partial charge in [-0.25, -0.2) is 4.98 Å². The van der Waals surface area contributed by atoms with E-state index < -0.39 is 0 Å². The fraction of sp³-hybridized carbons (Fsp3) is 0.632. The summed E-state index contributed by atoms with van der Waals surface area (Å²) in [5.41, 5.74) is 6.04. The summed E-state index contributed by atoms with van der Waals surface area (Å²) in [4.78, 5) is 28.5. The van der Waals surface area contributed by atoms with Crippen molar-refractivity contribution in [1.29, 1.82) is 0 Å². The predicted molar refractivity (Wildman–Crippen MR) is 97.4 cm³/mol. The highest BCUT2D eigenvalue weighted by Crippen LogP contribution is 2.61. The highest BCUT2D eigenvalue weighted by atomic mass is 32.1. The van der Waals surface area contributed by atoms with Crippen molar-refractivity contribution in [2.45, 2.75) is 51.9 Å². The van der Waals surface area contributed by atoms with Gasteiger partial charge in [-0.1, -0.05) is 0 Å². The number of aromatic nitrogens is 1. The summed E-state index contributed by atoms with van der Waals surface area (Å²) in [5.74, 6) is 2.10. The van der Waals surface area contributed by atoms with Gasteiger partial charge in [0.25, 0.3) is 5.91 Å². The Bertz CT molecular complexity index is 674. The van der Waals surface area contributed by atoms with E-state index >= 15 is 0 Å². The molecule has 0 saturated heterocycles. The van der Waals surface area contributed by atoms with Crippen molar-refractivity contribution in [3.8, 4) is 0 Å². The molecule has 0 atom stereocenters. The van der Waals surface area contributed by atoms with Crippen LogP contribution in [0.25, 0.3) is 6.08 Å². The van der Waals surface area contributed by atoms with Gasteiger partial charge in [-0.2, -0.15) is 0 Å². The largest absolute Gasteiger partial charge is 0.273 e. The number of thiazole rings is 1. The first-order valence-corrected chi connectivity index (χ1v) is 10.1. The first kappa shape index (κ1) is 16.8. The molecular formula is C19H25N3O2S. The number of hydrogen-bond donors (Lipinski definition) is 2. The summed E-state index contributed by atoms with van der Waals surface area (Å²) in [6, 6.07) is 0. The molecule has 0 unspecified atom stereocenters. The molecule has 5 rings (SSSR count). The Labute approximate surface area is 152 Å². The van der Waals surface area contributed by atoms with Gasteiger partial charge in [0.05, 0.1) is 10.7 Å². The Kier molecular flexibility index (Phi) is 4.40. The molecular weight excluding hydrogens is 334 g/mol. The first-order valence-electron chi connectivity index (χ1n) is 9.19. The SMILES string of the molecule is Cc1nc(/C=C/C(=O)NNC(=O)CC23CC4CC(CC(C4)C2)C3)cs1. The van der Waals surface area contributed by atoms with E-state index in [1.807, 2.05) is 12.3 Å². The number of aryl methyl sites for hydroxylation is 1. The van der Waals surface area contributed by atoms with Gasteiger partial charge < -0.3 is 0 Å². The monoisotopic (exact) mass is 359 g/mol. The van der Waals surface area contributed by atoms with E-state index in [9.17, 15) is 9.59 Å². The minimum Gasteiger partial charge on any atom is -0.273 e. The van der Waals surface area contributed by atoms with E-state index in [2.05, 4.69) is 15.8 Å². The van der Waals surface area contributed by atoms with Crippen molar-refractivity contribution in [2.24, 2.45) is 23.2 Å². The van der Waals surface area contributed by atoms with Crippen LogP contribution in [0.5, 0.6) is 0 Å². The average molecular weight is 359 g/mol. The Morgan fingerprint density at radius 3 is 2.40 bits per heavy atom. The molecule has 134 valence electrons. The van der Waals surface area contributed by atoms with E-state index in [1.165, 1.54) is 44.6 Å². The predicted octanol–water partition coefficient (Wildman–Crippen LogP) is 3.22. The summed E-state index contributed by atoms with van der Waals surface area (Å²) in [5, 5.41) is 2.86. The van der Waals surface area contributed by atoms with Crippen LogP contribution in [-0.2, 0) is 9.59 Å². The molecule has 4 aliphatic rings. The van der Waals surface area contributed by atoms with E-state index in [-0.39, 0.29) is 17.2 Å². The molecule has 0 spiro atoms. The van der Waals surface area contributed by atoms with Gasteiger partial charge >= 0.3 is 0 Å². The van der Waals surface area contributed by atoms with E-state index in [0.717, 1.165) is 28.5 Å². The molecule has 0 aliphatic heterocycles. The van der Waals surface area contributed by atoms with Crippen LogP contribution in [-0.4, -0.2) is 16.8 Å². The maximum absolute atomic E-state index is 12.3. The number of carbonyl (C=O) groups is 2.